The van der Waals surface area contributed by atoms with Crippen LogP contribution in [0.3, 0.4) is 0 Å². The number of rotatable bonds is 4. The molecule has 2 N–H and O–H groups in total. The number of benzene rings is 2. The Bertz CT molecular complexity index is 909. The van der Waals surface area contributed by atoms with Gasteiger partial charge in [0.1, 0.15) is 11.5 Å². The number of hydrogen-bond donors (Lipinski definition) is 2. The van der Waals surface area contributed by atoms with Crippen LogP contribution in [-0.2, 0) is 4.79 Å². The summed E-state index contributed by atoms with van der Waals surface area (Å²) in [6, 6.07) is 11.1. The van der Waals surface area contributed by atoms with E-state index >= 15 is 0 Å². The van der Waals surface area contributed by atoms with Crippen LogP contribution in [0.1, 0.15) is 24.2 Å². The Kier molecular flexibility index (Phi) is 5.49. The molecule has 3 amide bonds. The van der Waals surface area contributed by atoms with Gasteiger partial charge in [-0.15, -0.1) is 0 Å². The Hall–Kier alpha value is -3.55. The molecule has 0 bridgehead atoms. The number of nitrogens with one attached hydrogen (secondary N) is 2. The molecule has 3 rings (SSSR count). The number of ether oxygens (including phenoxy) is 2. The van der Waals surface area contributed by atoms with Crippen molar-refractivity contribution in [3.05, 3.63) is 48.0 Å². The van der Waals surface area contributed by atoms with E-state index in [4.69, 9.17) is 9.47 Å². The quantitative estimate of drug-likeness (QED) is 0.625. The predicted octanol–water partition coefficient (Wildman–Crippen LogP) is 2.79. The Morgan fingerprint density at radius 2 is 1.89 bits per heavy atom. The molecule has 2 aromatic carbocycles. The first kappa shape index (κ1) is 19.2. The van der Waals surface area contributed by atoms with Gasteiger partial charge >= 0.3 is 12.0 Å². The Balaban J connectivity index is 1.66. The van der Waals surface area contributed by atoms with Crippen LogP contribution < -0.4 is 25.0 Å². The number of anilines is 2. The number of hydrogen-bond acceptors (Lipinski definition) is 5. The molecule has 2 aromatic rings. The summed E-state index contributed by atoms with van der Waals surface area (Å²) >= 11 is 0. The van der Waals surface area contributed by atoms with Gasteiger partial charge in [0, 0.05) is 18.8 Å². The second kappa shape index (κ2) is 7.99. The van der Waals surface area contributed by atoms with Gasteiger partial charge < -0.3 is 20.1 Å². The molecule has 0 aliphatic carbocycles. The predicted molar refractivity (Wildman–Crippen MR) is 104 cm³/mol. The summed E-state index contributed by atoms with van der Waals surface area (Å²) in [6.07, 6.45) is 0. The minimum absolute atomic E-state index is 0.0316. The van der Waals surface area contributed by atoms with Crippen LogP contribution in [0, 0.1) is 0 Å². The lowest BCUT2D eigenvalue weighted by atomic mass is 10.1. The van der Waals surface area contributed by atoms with E-state index < -0.39 is 5.97 Å². The van der Waals surface area contributed by atoms with Crippen molar-refractivity contribution in [3.63, 3.8) is 0 Å². The molecule has 8 heteroatoms. The fourth-order valence-electron chi connectivity index (χ4n) is 2.57. The fraction of sp³-hybridized carbons (Fsp3) is 0.250. The smallest absolute Gasteiger partial charge is 0.343 e. The van der Waals surface area contributed by atoms with Gasteiger partial charge in [-0.3, -0.25) is 9.69 Å². The zero-order valence-electron chi connectivity index (χ0n) is 15.8. The summed E-state index contributed by atoms with van der Waals surface area (Å²) in [5.41, 5.74) is 1.48. The lowest BCUT2D eigenvalue weighted by molar-refractivity contribution is -0.118. The summed E-state index contributed by atoms with van der Waals surface area (Å²) in [6.45, 7) is 3.67. The molecule has 8 nitrogen and oxygen atoms in total. The molecular weight excluding hydrogens is 362 g/mol. The van der Waals surface area contributed by atoms with Crippen LogP contribution in [0.15, 0.2) is 42.5 Å². The molecule has 1 heterocycles. The first-order chi connectivity index (χ1) is 13.3. The largest absolute Gasteiger partial charge is 0.482 e. The van der Waals surface area contributed by atoms with E-state index in [2.05, 4.69) is 10.6 Å². The number of urea groups is 1. The Morgan fingerprint density at radius 3 is 2.57 bits per heavy atom. The zero-order valence-corrected chi connectivity index (χ0v) is 15.8. The highest BCUT2D eigenvalue weighted by molar-refractivity contribution is 5.98. The molecule has 28 heavy (non-hydrogen) atoms. The van der Waals surface area contributed by atoms with Crippen molar-refractivity contribution in [1.82, 2.24) is 5.32 Å². The molecule has 146 valence electrons. The van der Waals surface area contributed by atoms with Crippen molar-refractivity contribution in [1.29, 1.82) is 0 Å². The van der Waals surface area contributed by atoms with E-state index in [-0.39, 0.29) is 24.6 Å². The lowest BCUT2D eigenvalue weighted by Gasteiger charge is -2.20. The number of nitrogens with zero attached hydrogens (tertiary/aromatic N) is 1. The minimum atomic E-state index is -0.554. The fourth-order valence-corrected chi connectivity index (χ4v) is 2.57. The zero-order chi connectivity index (χ0) is 20.3. The minimum Gasteiger partial charge on any atom is -0.482 e. The van der Waals surface area contributed by atoms with Crippen molar-refractivity contribution in [3.8, 4) is 11.5 Å². The summed E-state index contributed by atoms with van der Waals surface area (Å²) in [7, 11) is 1.66. The van der Waals surface area contributed by atoms with E-state index in [0.717, 1.165) is 0 Å². The third kappa shape index (κ3) is 4.40. The van der Waals surface area contributed by atoms with Crippen LogP contribution in [0.4, 0.5) is 16.2 Å². The summed E-state index contributed by atoms with van der Waals surface area (Å²) in [4.78, 5) is 37.2. The second-order valence-corrected chi connectivity index (χ2v) is 6.59. The van der Waals surface area contributed by atoms with Gasteiger partial charge in [0.15, 0.2) is 6.61 Å². The highest BCUT2D eigenvalue weighted by atomic mass is 16.5. The van der Waals surface area contributed by atoms with Gasteiger partial charge in [-0.05, 0) is 56.3 Å². The normalized spacial score (nSPS) is 12.5. The molecule has 0 atom stereocenters. The standard InChI is InChI=1S/C20H21N3O5/c1-12(2)21-20(26)23(3)14-5-7-15(8-6-14)28-19(25)13-4-9-16-17(10-13)27-11-18(24)22-16/h4-10,12H,11H2,1-3H3,(H,21,26)(H,22,24). The molecule has 0 radical (unpaired) electrons. The highest BCUT2D eigenvalue weighted by Crippen LogP contribution is 2.29. The number of carbonyl (C=O) groups excluding carboxylic acids is 3. The molecular formula is C20H21N3O5. The van der Waals surface area contributed by atoms with E-state index in [1.54, 1.807) is 43.4 Å². The SMILES string of the molecule is CC(C)NC(=O)N(C)c1ccc(OC(=O)c2ccc3c(c2)OCC(=O)N3)cc1. The van der Waals surface area contributed by atoms with Crippen molar-refractivity contribution < 1.29 is 23.9 Å². The number of fused-ring (bicyclic) bond motifs is 1. The number of esters is 1. The maximum Gasteiger partial charge on any atom is 0.343 e. The van der Waals surface area contributed by atoms with Crippen LogP contribution in [0.25, 0.3) is 0 Å². The summed E-state index contributed by atoms with van der Waals surface area (Å²) < 4.78 is 10.7. The van der Waals surface area contributed by atoms with Crippen molar-refractivity contribution in [2.45, 2.75) is 19.9 Å². The summed E-state index contributed by atoms with van der Waals surface area (Å²) in [5, 5.41) is 5.46. The van der Waals surface area contributed by atoms with Crippen molar-refractivity contribution in [2.75, 3.05) is 23.9 Å². The molecule has 0 spiro atoms. The van der Waals surface area contributed by atoms with Crippen molar-refractivity contribution >= 4 is 29.3 Å². The average molecular weight is 383 g/mol. The topological polar surface area (TPSA) is 97.0 Å². The second-order valence-electron chi connectivity index (χ2n) is 6.59. The lowest BCUT2D eigenvalue weighted by Crippen LogP contribution is -2.40. The van der Waals surface area contributed by atoms with Crippen LogP contribution >= 0.6 is 0 Å². The van der Waals surface area contributed by atoms with Gasteiger partial charge in [0.25, 0.3) is 5.91 Å². The monoisotopic (exact) mass is 383 g/mol. The van der Waals surface area contributed by atoms with E-state index in [1.165, 1.54) is 11.0 Å². The number of amides is 3. The molecule has 0 aromatic heterocycles. The summed E-state index contributed by atoms with van der Waals surface area (Å²) in [5.74, 6) is -0.0301. The maximum atomic E-state index is 12.4. The molecule has 0 fully saturated rings. The van der Waals surface area contributed by atoms with Gasteiger partial charge in [0.2, 0.25) is 0 Å². The third-order valence-corrected chi connectivity index (χ3v) is 4.00. The van der Waals surface area contributed by atoms with E-state index in [1.807, 2.05) is 13.8 Å². The van der Waals surface area contributed by atoms with E-state index in [9.17, 15) is 14.4 Å². The van der Waals surface area contributed by atoms with Gasteiger partial charge in [-0.2, -0.15) is 0 Å². The van der Waals surface area contributed by atoms with Crippen molar-refractivity contribution in [2.24, 2.45) is 0 Å². The van der Waals surface area contributed by atoms with Gasteiger partial charge in [-0.25, -0.2) is 9.59 Å². The Labute approximate surface area is 162 Å². The van der Waals surface area contributed by atoms with Crippen LogP contribution in [-0.4, -0.2) is 37.6 Å². The molecule has 1 aliphatic heterocycles. The third-order valence-electron chi connectivity index (χ3n) is 4.00. The van der Waals surface area contributed by atoms with Gasteiger partial charge in [0.05, 0.1) is 11.3 Å². The average Bonchev–Trinajstić information content (AvgIpc) is 2.67. The maximum absolute atomic E-state index is 12.4. The van der Waals surface area contributed by atoms with Crippen LogP contribution in [0.2, 0.25) is 0 Å². The molecule has 0 unspecified atom stereocenters. The number of carbonyl (C=O) groups is 3. The first-order valence-corrected chi connectivity index (χ1v) is 8.76. The molecule has 0 saturated heterocycles. The highest BCUT2D eigenvalue weighted by Gasteiger charge is 2.19. The van der Waals surface area contributed by atoms with Gasteiger partial charge in [-0.1, -0.05) is 0 Å². The van der Waals surface area contributed by atoms with Crippen LogP contribution in [0.5, 0.6) is 11.5 Å². The molecule has 1 aliphatic rings. The van der Waals surface area contributed by atoms with E-state index in [0.29, 0.717) is 28.4 Å². The molecule has 0 saturated carbocycles. The Morgan fingerprint density at radius 1 is 1.18 bits per heavy atom. The first-order valence-electron chi connectivity index (χ1n) is 8.76.